The molecule has 3 aromatic carbocycles. The van der Waals surface area contributed by atoms with E-state index in [0.717, 1.165) is 30.3 Å². The summed E-state index contributed by atoms with van der Waals surface area (Å²) < 4.78 is 61.1. The molecule has 6 nitrogen and oxygen atoms in total. The molecule has 3 aliphatic rings. The maximum Gasteiger partial charge on any atom is 0.418 e. The number of rotatable bonds is 2. The van der Waals surface area contributed by atoms with Gasteiger partial charge in [0, 0.05) is 11.1 Å². The van der Waals surface area contributed by atoms with E-state index in [-0.39, 0.29) is 16.7 Å². The van der Waals surface area contributed by atoms with Crippen molar-refractivity contribution in [3.05, 3.63) is 101 Å². The second-order valence-electron chi connectivity index (χ2n) is 9.06. The molecule has 0 saturated carbocycles. The molecule has 2 amide bonds. The Balaban J connectivity index is 1.56. The van der Waals surface area contributed by atoms with Crippen molar-refractivity contribution >= 4 is 29.1 Å². The molecule has 1 spiro atoms. The fourth-order valence-electron chi connectivity index (χ4n) is 5.62. The van der Waals surface area contributed by atoms with Crippen LogP contribution in [-0.2, 0) is 20.5 Å². The maximum atomic E-state index is 13.8. The first-order valence-corrected chi connectivity index (χ1v) is 11.2. The van der Waals surface area contributed by atoms with Crippen LogP contribution in [0, 0.1) is 17.7 Å². The largest absolute Gasteiger partial charge is 0.418 e. The molecule has 3 aromatic rings. The molecule has 186 valence electrons. The summed E-state index contributed by atoms with van der Waals surface area (Å²) in [6.07, 6.45) is -6.26. The van der Waals surface area contributed by atoms with Crippen molar-refractivity contribution in [3.8, 4) is 0 Å². The fourth-order valence-corrected chi connectivity index (χ4v) is 5.62. The van der Waals surface area contributed by atoms with E-state index in [4.69, 9.17) is 4.74 Å². The SMILES string of the molecule is O=C1[C@@H]2[C@@H](c3ccc(F)cc3)OC3(C(=O)c4ccccc4C3=O)[C@@H]2C(=O)N1c1ccccc1C(F)(F)F. The lowest BCUT2D eigenvalue weighted by Crippen LogP contribution is -2.51. The molecule has 2 aliphatic heterocycles. The number of ketones is 2. The third-order valence-electron chi connectivity index (χ3n) is 7.17. The highest BCUT2D eigenvalue weighted by Crippen LogP contribution is 2.58. The maximum absolute atomic E-state index is 13.8. The van der Waals surface area contributed by atoms with Crippen molar-refractivity contribution in [2.45, 2.75) is 17.9 Å². The van der Waals surface area contributed by atoms with Gasteiger partial charge in [-0.2, -0.15) is 13.2 Å². The highest BCUT2D eigenvalue weighted by Gasteiger charge is 2.75. The second kappa shape index (κ2) is 7.66. The summed E-state index contributed by atoms with van der Waals surface area (Å²) in [5.74, 6) is -7.71. The number of hydrogen-bond acceptors (Lipinski definition) is 5. The Morgan fingerprint density at radius 3 is 1.92 bits per heavy atom. The van der Waals surface area contributed by atoms with Crippen LogP contribution in [-0.4, -0.2) is 29.0 Å². The van der Waals surface area contributed by atoms with Crippen molar-refractivity contribution in [1.82, 2.24) is 0 Å². The number of anilines is 1. The molecule has 0 radical (unpaired) electrons. The molecule has 10 heteroatoms. The zero-order valence-corrected chi connectivity index (χ0v) is 18.7. The molecular weight excluding hydrogens is 494 g/mol. The lowest BCUT2D eigenvalue weighted by Gasteiger charge is -2.28. The van der Waals surface area contributed by atoms with Gasteiger partial charge in [-0.1, -0.05) is 48.5 Å². The van der Waals surface area contributed by atoms with Gasteiger partial charge in [0.1, 0.15) is 5.82 Å². The number of alkyl halides is 3. The van der Waals surface area contributed by atoms with Crippen LogP contribution in [0.2, 0.25) is 0 Å². The Labute approximate surface area is 206 Å². The summed E-state index contributed by atoms with van der Waals surface area (Å²) in [5, 5.41) is 0. The number of fused-ring (bicyclic) bond motifs is 3. The van der Waals surface area contributed by atoms with Gasteiger partial charge in [-0.3, -0.25) is 19.2 Å². The van der Waals surface area contributed by atoms with Crippen LogP contribution in [0.3, 0.4) is 0 Å². The van der Waals surface area contributed by atoms with E-state index in [1.54, 1.807) is 0 Å². The normalized spacial score (nSPS) is 24.2. The van der Waals surface area contributed by atoms with E-state index in [0.29, 0.717) is 4.90 Å². The molecule has 6 rings (SSSR count). The van der Waals surface area contributed by atoms with Crippen LogP contribution in [0.25, 0.3) is 0 Å². The second-order valence-corrected chi connectivity index (χ2v) is 9.06. The number of amides is 2. The van der Waals surface area contributed by atoms with Crippen molar-refractivity contribution in [1.29, 1.82) is 0 Å². The van der Waals surface area contributed by atoms with E-state index in [9.17, 15) is 36.7 Å². The van der Waals surface area contributed by atoms with Gasteiger partial charge in [-0.25, -0.2) is 9.29 Å². The third kappa shape index (κ3) is 3.02. The number of Topliss-reactive ketones (excluding diaryl/α,β-unsaturated/α-hetero) is 2. The van der Waals surface area contributed by atoms with Crippen LogP contribution in [0.15, 0.2) is 72.8 Å². The molecule has 0 N–H and O–H groups in total. The van der Waals surface area contributed by atoms with Crippen LogP contribution < -0.4 is 4.90 Å². The van der Waals surface area contributed by atoms with E-state index in [1.165, 1.54) is 42.5 Å². The summed E-state index contributed by atoms with van der Waals surface area (Å²) >= 11 is 0. The Hall–Kier alpha value is -4.18. The predicted molar refractivity (Wildman–Crippen MR) is 119 cm³/mol. The van der Waals surface area contributed by atoms with Gasteiger partial charge in [-0.05, 0) is 29.8 Å². The first-order chi connectivity index (χ1) is 17.6. The quantitative estimate of drug-likeness (QED) is 0.288. The lowest BCUT2D eigenvalue weighted by molar-refractivity contribution is -0.137. The predicted octanol–water partition coefficient (Wildman–Crippen LogP) is 4.54. The number of halogens is 4. The number of ether oxygens (including phenoxy) is 1. The van der Waals surface area contributed by atoms with Gasteiger partial charge in [0.15, 0.2) is 0 Å². The minimum absolute atomic E-state index is 0.0135. The Kier molecular flexibility index (Phi) is 4.81. The van der Waals surface area contributed by atoms with Gasteiger partial charge < -0.3 is 4.74 Å². The van der Waals surface area contributed by atoms with Crippen molar-refractivity contribution in [3.63, 3.8) is 0 Å². The van der Waals surface area contributed by atoms with E-state index >= 15 is 0 Å². The standard InChI is InChI=1S/C27H15F4NO5/c28-14-11-9-13(10-12-14)21-19-20(26(37-21)22(33)15-5-1-2-6-16(15)23(26)34)25(36)32(24(19)35)18-8-4-3-7-17(18)27(29,30)31/h1-12,19-21H/t19-,20-,21+/m0/s1. The summed E-state index contributed by atoms with van der Waals surface area (Å²) in [6.45, 7) is 0. The highest BCUT2D eigenvalue weighted by molar-refractivity contribution is 6.37. The Morgan fingerprint density at radius 2 is 1.32 bits per heavy atom. The van der Waals surface area contributed by atoms with Gasteiger partial charge >= 0.3 is 6.18 Å². The molecule has 0 bridgehead atoms. The summed E-state index contributed by atoms with van der Waals surface area (Å²) in [5.41, 5.74) is -4.21. The number of hydrogen-bond donors (Lipinski definition) is 0. The number of benzene rings is 3. The molecule has 1 aliphatic carbocycles. The molecular formula is C27H15F4NO5. The molecule has 0 unspecified atom stereocenters. The minimum Gasteiger partial charge on any atom is -0.349 e. The number of para-hydroxylation sites is 1. The van der Waals surface area contributed by atoms with Crippen LogP contribution in [0.4, 0.5) is 23.2 Å². The van der Waals surface area contributed by atoms with E-state index in [2.05, 4.69) is 0 Å². The number of imide groups is 1. The molecule has 2 fully saturated rings. The highest BCUT2D eigenvalue weighted by atomic mass is 19.4. The van der Waals surface area contributed by atoms with Crippen LogP contribution in [0.5, 0.6) is 0 Å². The average molecular weight is 509 g/mol. The molecule has 3 atom stereocenters. The first-order valence-electron chi connectivity index (χ1n) is 11.2. The topological polar surface area (TPSA) is 80.8 Å². The van der Waals surface area contributed by atoms with Crippen molar-refractivity contribution < 1.29 is 41.5 Å². The third-order valence-corrected chi connectivity index (χ3v) is 7.17. The average Bonchev–Trinajstić information content (AvgIpc) is 3.44. The van der Waals surface area contributed by atoms with Gasteiger partial charge in [0.25, 0.3) is 0 Å². The van der Waals surface area contributed by atoms with Crippen molar-refractivity contribution in [2.75, 3.05) is 4.90 Å². The number of nitrogens with zero attached hydrogens (tertiary/aromatic N) is 1. The zero-order valence-electron chi connectivity index (χ0n) is 18.7. The van der Waals surface area contributed by atoms with Crippen LogP contribution >= 0.6 is 0 Å². The zero-order chi connectivity index (χ0) is 26.3. The molecule has 0 aromatic heterocycles. The molecule has 37 heavy (non-hydrogen) atoms. The molecule has 2 heterocycles. The van der Waals surface area contributed by atoms with Crippen molar-refractivity contribution in [2.24, 2.45) is 11.8 Å². The number of carbonyl (C=O) groups excluding carboxylic acids is 4. The van der Waals surface area contributed by atoms with Gasteiger partial charge in [0.05, 0.1) is 29.2 Å². The van der Waals surface area contributed by atoms with Gasteiger partial charge in [-0.15, -0.1) is 0 Å². The fraction of sp³-hybridized carbons (Fsp3) is 0.185. The molecule has 2 saturated heterocycles. The Bertz CT molecular complexity index is 1480. The van der Waals surface area contributed by atoms with Crippen LogP contribution in [0.1, 0.15) is 37.9 Å². The monoisotopic (exact) mass is 509 g/mol. The Morgan fingerprint density at radius 1 is 0.757 bits per heavy atom. The first kappa shape index (κ1) is 23.2. The van der Waals surface area contributed by atoms with Gasteiger partial charge in [0.2, 0.25) is 29.0 Å². The lowest BCUT2D eigenvalue weighted by atomic mass is 9.77. The number of carbonyl (C=O) groups is 4. The van der Waals surface area contributed by atoms with E-state index in [1.807, 2.05) is 0 Å². The minimum atomic E-state index is -4.89. The smallest absolute Gasteiger partial charge is 0.349 e. The summed E-state index contributed by atoms with van der Waals surface area (Å²) in [4.78, 5) is 55.2. The summed E-state index contributed by atoms with van der Waals surface area (Å²) in [6, 6.07) is 14.6. The van der Waals surface area contributed by atoms with E-state index < -0.39 is 70.2 Å². The summed E-state index contributed by atoms with van der Waals surface area (Å²) in [7, 11) is 0.